The Labute approximate surface area is 184 Å². The molecule has 0 saturated carbocycles. The molecule has 0 fully saturated rings. The van der Waals surface area contributed by atoms with Gasteiger partial charge in [-0.3, -0.25) is 0 Å². The van der Waals surface area contributed by atoms with Crippen LogP contribution in [0, 0.1) is 0 Å². The number of hydrogen-bond donors (Lipinski definition) is 3. The minimum atomic E-state index is -4.94. The molecule has 0 radical (unpaired) electrons. The van der Waals surface area contributed by atoms with Crippen LogP contribution >= 0.6 is 23.2 Å². The third kappa shape index (κ3) is 5.12. The SMILES string of the molecule is CC(O)(c1cc(Cl)c(NC(=O)NCc2cc(-c3ccccc3)on2)c(Cl)c1)C(F)(F)F. The van der Waals surface area contributed by atoms with E-state index in [0.29, 0.717) is 18.4 Å². The van der Waals surface area contributed by atoms with Crippen molar-refractivity contribution in [2.24, 2.45) is 0 Å². The van der Waals surface area contributed by atoms with E-state index in [1.165, 1.54) is 0 Å². The van der Waals surface area contributed by atoms with Gasteiger partial charge >= 0.3 is 12.2 Å². The lowest BCUT2D eigenvalue weighted by molar-refractivity contribution is -0.258. The van der Waals surface area contributed by atoms with Crippen LogP contribution in [0.1, 0.15) is 18.2 Å². The zero-order valence-corrected chi connectivity index (χ0v) is 17.4. The monoisotopic (exact) mass is 473 g/mol. The molecular weight excluding hydrogens is 458 g/mol. The number of aliphatic hydroxyl groups is 1. The molecule has 0 aliphatic carbocycles. The number of carbonyl (C=O) groups excluding carboxylic acids is 1. The molecule has 1 atom stereocenters. The molecule has 3 N–H and O–H groups in total. The van der Waals surface area contributed by atoms with Crippen molar-refractivity contribution in [1.29, 1.82) is 0 Å². The predicted octanol–water partition coefficient (Wildman–Crippen LogP) is 5.74. The van der Waals surface area contributed by atoms with Crippen LogP contribution in [-0.2, 0) is 12.1 Å². The minimum absolute atomic E-state index is 0.0122. The highest BCUT2D eigenvalue weighted by Gasteiger charge is 2.51. The number of carbonyl (C=O) groups is 1. The lowest BCUT2D eigenvalue weighted by Gasteiger charge is -2.27. The van der Waals surface area contributed by atoms with Gasteiger partial charge in [0, 0.05) is 11.6 Å². The molecule has 3 aromatic rings. The summed E-state index contributed by atoms with van der Waals surface area (Å²) in [7, 11) is 0. The van der Waals surface area contributed by atoms with Crippen LogP contribution in [0.3, 0.4) is 0 Å². The average molecular weight is 474 g/mol. The van der Waals surface area contributed by atoms with Crippen LogP contribution < -0.4 is 10.6 Å². The number of nitrogens with zero attached hydrogens (tertiary/aromatic N) is 1. The molecule has 1 heterocycles. The first-order valence-electron chi connectivity index (χ1n) is 8.83. The maximum atomic E-state index is 13.0. The first-order chi connectivity index (χ1) is 14.5. The van der Waals surface area contributed by atoms with E-state index in [0.717, 1.165) is 17.7 Å². The van der Waals surface area contributed by atoms with Crippen LogP contribution in [0.25, 0.3) is 11.3 Å². The number of halogens is 5. The lowest BCUT2D eigenvalue weighted by Crippen LogP contribution is -2.39. The Morgan fingerprint density at radius 1 is 1.13 bits per heavy atom. The van der Waals surface area contributed by atoms with Crippen molar-refractivity contribution in [3.8, 4) is 11.3 Å². The van der Waals surface area contributed by atoms with Gasteiger partial charge in [0.05, 0.1) is 22.3 Å². The second kappa shape index (κ2) is 8.78. The molecule has 0 aliphatic heterocycles. The second-order valence-electron chi connectivity index (χ2n) is 6.74. The molecular formula is C20H16Cl2F3N3O3. The van der Waals surface area contributed by atoms with E-state index < -0.39 is 23.4 Å². The molecule has 0 spiro atoms. The molecule has 11 heteroatoms. The summed E-state index contributed by atoms with van der Waals surface area (Å²) in [5.41, 5.74) is -2.56. The smallest absolute Gasteiger partial charge is 0.376 e. The zero-order chi connectivity index (χ0) is 22.8. The summed E-state index contributed by atoms with van der Waals surface area (Å²) < 4.78 is 44.3. The fraction of sp³-hybridized carbons (Fsp3) is 0.200. The van der Waals surface area contributed by atoms with Crippen LogP contribution in [-0.4, -0.2) is 22.5 Å². The molecule has 2 aromatic carbocycles. The maximum absolute atomic E-state index is 13.0. The van der Waals surface area contributed by atoms with Gasteiger partial charge in [-0.25, -0.2) is 4.79 Å². The van der Waals surface area contributed by atoms with Crippen molar-refractivity contribution in [3.05, 3.63) is 69.8 Å². The molecule has 3 rings (SSSR count). The average Bonchev–Trinajstić information content (AvgIpc) is 3.18. The predicted molar refractivity (Wildman–Crippen MR) is 110 cm³/mol. The Balaban J connectivity index is 1.67. The highest BCUT2D eigenvalue weighted by molar-refractivity contribution is 6.39. The van der Waals surface area contributed by atoms with Crippen molar-refractivity contribution in [1.82, 2.24) is 10.5 Å². The first-order valence-corrected chi connectivity index (χ1v) is 9.59. The minimum Gasteiger partial charge on any atom is -0.376 e. The number of anilines is 1. The third-order valence-corrected chi connectivity index (χ3v) is 5.04. The number of amides is 2. The number of aromatic nitrogens is 1. The van der Waals surface area contributed by atoms with Crippen LogP contribution in [0.15, 0.2) is 53.1 Å². The van der Waals surface area contributed by atoms with Crippen molar-refractivity contribution >= 4 is 34.9 Å². The fourth-order valence-electron chi connectivity index (χ4n) is 2.60. The van der Waals surface area contributed by atoms with Crippen LogP contribution in [0.2, 0.25) is 10.0 Å². The Hall–Kier alpha value is -2.75. The molecule has 0 bridgehead atoms. The van der Waals surface area contributed by atoms with Gasteiger partial charge in [0.2, 0.25) is 0 Å². The van der Waals surface area contributed by atoms with Gasteiger partial charge in [-0.2, -0.15) is 13.2 Å². The normalized spacial score (nSPS) is 13.5. The Kier molecular flexibility index (Phi) is 6.49. The molecule has 1 aromatic heterocycles. The standard InChI is InChI=1S/C20H16Cl2F3N3O3/c1-19(30,20(23,24)25)12-7-14(21)17(15(22)8-12)27-18(29)26-10-13-9-16(31-28-13)11-5-3-2-4-6-11/h2-9,30H,10H2,1H3,(H2,26,27,29). The van der Waals surface area contributed by atoms with E-state index in [1.807, 2.05) is 30.3 Å². The summed E-state index contributed by atoms with van der Waals surface area (Å²) in [5, 5.41) is 18.0. The van der Waals surface area contributed by atoms with Gasteiger partial charge in [-0.1, -0.05) is 58.7 Å². The number of urea groups is 1. The highest BCUT2D eigenvalue weighted by atomic mass is 35.5. The zero-order valence-electron chi connectivity index (χ0n) is 15.9. The van der Waals surface area contributed by atoms with Gasteiger partial charge < -0.3 is 20.3 Å². The molecule has 0 saturated heterocycles. The molecule has 31 heavy (non-hydrogen) atoms. The van der Waals surface area contributed by atoms with Crippen LogP contribution in [0.4, 0.5) is 23.7 Å². The van der Waals surface area contributed by atoms with Gasteiger partial charge in [-0.05, 0) is 24.6 Å². The summed E-state index contributed by atoms with van der Waals surface area (Å²) in [4.78, 5) is 12.2. The first kappa shape index (κ1) is 22.9. The fourth-order valence-corrected chi connectivity index (χ4v) is 3.18. The van der Waals surface area contributed by atoms with Crippen molar-refractivity contribution < 1.29 is 27.6 Å². The summed E-state index contributed by atoms with van der Waals surface area (Å²) in [5.74, 6) is 0.524. The van der Waals surface area contributed by atoms with Gasteiger partial charge in [0.1, 0.15) is 5.69 Å². The Morgan fingerprint density at radius 3 is 2.32 bits per heavy atom. The topological polar surface area (TPSA) is 87.4 Å². The van der Waals surface area contributed by atoms with E-state index in [2.05, 4.69) is 15.8 Å². The summed E-state index contributed by atoms with van der Waals surface area (Å²) in [6.45, 7) is 0.592. The lowest BCUT2D eigenvalue weighted by atomic mass is 9.95. The molecule has 6 nitrogen and oxygen atoms in total. The summed E-state index contributed by atoms with van der Waals surface area (Å²) >= 11 is 12.0. The Bertz CT molecular complexity index is 1060. The molecule has 2 amide bonds. The molecule has 0 aliphatic rings. The molecule has 164 valence electrons. The second-order valence-corrected chi connectivity index (χ2v) is 7.56. The Morgan fingerprint density at radius 2 is 1.74 bits per heavy atom. The third-order valence-electron chi connectivity index (χ3n) is 4.44. The van der Waals surface area contributed by atoms with E-state index in [1.54, 1.807) is 6.07 Å². The van der Waals surface area contributed by atoms with Crippen molar-refractivity contribution in [2.75, 3.05) is 5.32 Å². The molecule has 1 unspecified atom stereocenters. The van der Waals surface area contributed by atoms with E-state index in [-0.39, 0.29) is 22.3 Å². The van der Waals surface area contributed by atoms with Crippen LogP contribution in [0.5, 0.6) is 0 Å². The van der Waals surface area contributed by atoms with Gasteiger partial charge in [0.15, 0.2) is 11.4 Å². The highest BCUT2D eigenvalue weighted by Crippen LogP contribution is 2.42. The van der Waals surface area contributed by atoms with Crippen molar-refractivity contribution in [2.45, 2.75) is 25.2 Å². The van der Waals surface area contributed by atoms with E-state index >= 15 is 0 Å². The number of nitrogens with one attached hydrogen (secondary N) is 2. The number of alkyl halides is 3. The van der Waals surface area contributed by atoms with E-state index in [4.69, 9.17) is 27.7 Å². The number of rotatable bonds is 5. The van der Waals surface area contributed by atoms with E-state index in [9.17, 15) is 23.1 Å². The van der Waals surface area contributed by atoms with Gasteiger partial charge in [0.25, 0.3) is 0 Å². The summed E-state index contributed by atoms with van der Waals surface area (Å²) in [6, 6.07) is 11.9. The summed E-state index contributed by atoms with van der Waals surface area (Å²) in [6.07, 6.45) is -4.94. The quantitative estimate of drug-likeness (QED) is 0.440. The number of hydrogen-bond acceptors (Lipinski definition) is 4. The van der Waals surface area contributed by atoms with Crippen molar-refractivity contribution in [3.63, 3.8) is 0 Å². The largest absolute Gasteiger partial charge is 0.421 e. The van der Waals surface area contributed by atoms with Gasteiger partial charge in [-0.15, -0.1) is 0 Å². The number of benzene rings is 2. The maximum Gasteiger partial charge on any atom is 0.421 e.